The fourth-order valence-corrected chi connectivity index (χ4v) is 2.37. The number of β-amino-alcohol motifs (C(OH)–C–C–N with tert-alkyl or cyclic N) is 1. The summed E-state index contributed by atoms with van der Waals surface area (Å²) in [5.74, 6) is 0.765. The molecule has 1 aliphatic rings. The van der Waals surface area contributed by atoms with E-state index in [4.69, 9.17) is 4.42 Å². The van der Waals surface area contributed by atoms with Crippen LogP contribution in [0.3, 0.4) is 0 Å². The van der Waals surface area contributed by atoms with Crippen molar-refractivity contribution in [2.75, 3.05) is 18.0 Å². The van der Waals surface area contributed by atoms with Crippen LogP contribution >= 0.6 is 0 Å². The van der Waals surface area contributed by atoms with Crippen LogP contribution in [0.4, 0.5) is 5.82 Å². The van der Waals surface area contributed by atoms with Gasteiger partial charge < -0.3 is 14.4 Å². The number of rotatable bonds is 1. The summed E-state index contributed by atoms with van der Waals surface area (Å²) in [7, 11) is 0. The third-order valence-corrected chi connectivity index (χ3v) is 3.30. The smallest absolute Gasteiger partial charge is 0.196 e. The molecule has 1 aliphatic heterocycles. The van der Waals surface area contributed by atoms with Gasteiger partial charge in [0.25, 0.3) is 0 Å². The van der Waals surface area contributed by atoms with Crippen LogP contribution in [0.1, 0.15) is 0 Å². The molecule has 0 spiro atoms. The fourth-order valence-electron chi connectivity index (χ4n) is 2.37. The number of furan rings is 1. The number of benzene rings is 1. The number of aromatic nitrogens is 2. The molecule has 3 aromatic rings. The first-order valence-corrected chi connectivity index (χ1v) is 5.88. The van der Waals surface area contributed by atoms with Gasteiger partial charge in [0.1, 0.15) is 17.4 Å². The largest absolute Gasteiger partial charge is 0.450 e. The Hall–Kier alpha value is -2.14. The fraction of sp³-hybridized carbons (Fsp3) is 0.231. The molecule has 0 atom stereocenters. The second kappa shape index (κ2) is 3.43. The molecule has 0 bridgehead atoms. The lowest BCUT2D eigenvalue weighted by Gasteiger charge is -2.36. The summed E-state index contributed by atoms with van der Waals surface area (Å²) in [5, 5.41) is 10.4. The van der Waals surface area contributed by atoms with E-state index in [2.05, 4.69) is 9.97 Å². The predicted molar refractivity (Wildman–Crippen MR) is 67.5 cm³/mol. The maximum absolute atomic E-state index is 9.38. The maximum atomic E-state index is 9.38. The van der Waals surface area contributed by atoms with Crippen LogP contribution in [0, 0.1) is 0 Å². The van der Waals surface area contributed by atoms with Crippen molar-refractivity contribution in [2.24, 2.45) is 0 Å². The summed E-state index contributed by atoms with van der Waals surface area (Å²) in [6.45, 7) is 1.20. The third kappa shape index (κ3) is 1.25. The zero-order valence-corrected chi connectivity index (χ0v) is 9.58. The molecule has 18 heavy (non-hydrogen) atoms. The number of anilines is 1. The van der Waals surface area contributed by atoms with Gasteiger partial charge in [0, 0.05) is 18.5 Å². The van der Waals surface area contributed by atoms with E-state index < -0.39 is 0 Å². The number of aliphatic hydroxyl groups excluding tert-OH is 1. The average molecular weight is 241 g/mol. The highest BCUT2D eigenvalue weighted by molar-refractivity contribution is 6.05. The topological polar surface area (TPSA) is 62.4 Å². The van der Waals surface area contributed by atoms with Gasteiger partial charge >= 0.3 is 0 Å². The first kappa shape index (κ1) is 9.85. The number of aliphatic hydroxyl groups is 1. The van der Waals surface area contributed by atoms with Gasteiger partial charge in [-0.2, -0.15) is 0 Å². The minimum Gasteiger partial charge on any atom is -0.450 e. The molecule has 3 heterocycles. The van der Waals surface area contributed by atoms with Crippen LogP contribution in [0.2, 0.25) is 0 Å². The van der Waals surface area contributed by atoms with Crippen LogP contribution in [-0.4, -0.2) is 34.3 Å². The van der Waals surface area contributed by atoms with Crippen molar-refractivity contribution in [1.82, 2.24) is 9.97 Å². The Morgan fingerprint density at radius 3 is 2.89 bits per heavy atom. The normalized spacial score (nSPS) is 16.4. The molecule has 1 fully saturated rings. The molecule has 90 valence electrons. The quantitative estimate of drug-likeness (QED) is 0.700. The van der Waals surface area contributed by atoms with Gasteiger partial charge in [0.2, 0.25) is 0 Å². The number of hydrogen-bond donors (Lipinski definition) is 1. The highest BCUT2D eigenvalue weighted by Crippen LogP contribution is 2.33. The van der Waals surface area contributed by atoms with Crippen molar-refractivity contribution in [3.05, 3.63) is 30.6 Å². The molecule has 0 amide bonds. The zero-order valence-electron chi connectivity index (χ0n) is 9.58. The minimum absolute atomic E-state index is 0.264. The van der Waals surface area contributed by atoms with Gasteiger partial charge in [-0.1, -0.05) is 12.1 Å². The van der Waals surface area contributed by atoms with E-state index >= 15 is 0 Å². The summed E-state index contributed by atoms with van der Waals surface area (Å²) in [6, 6.07) is 7.81. The molecule has 5 heteroatoms. The number of hydrogen-bond acceptors (Lipinski definition) is 5. The van der Waals surface area contributed by atoms with Crippen molar-refractivity contribution < 1.29 is 9.52 Å². The van der Waals surface area contributed by atoms with E-state index in [9.17, 15) is 5.11 Å². The lowest BCUT2D eigenvalue weighted by Crippen LogP contribution is -2.51. The Labute approximate surface area is 103 Å². The van der Waals surface area contributed by atoms with E-state index in [0.29, 0.717) is 18.7 Å². The molecule has 1 aromatic carbocycles. The predicted octanol–water partition coefficient (Wildman–Crippen LogP) is 1.56. The molecular weight excluding hydrogens is 230 g/mol. The molecular formula is C13H11N3O2. The van der Waals surface area contributed by atoms with E-state index in [0.717, 1.165) is 22.3 Å². The highest BCUT2D eigenvalue weighted by atomic mass is 16.3. The van der Waals surface area contributed by atoms with Crippen LogP contribution in [0.25, 0.3) is 22.1 Å². The van der Waals surface area contributed by atoms with Gasteiger partial charge in [-0.05, 0) is 12.1 Å². The van der Waals surface area contributed by atoms with Crippen molar-refractivity contribution >= 4 is 27.9 Å². The van der Waals surface area contributed by atoms with E-state index in [1.54, 1.807) is 6.33 Å². The molecule has 0 saturated carbocycles. The Morgan fingerprint density at radius 1 is 1.22 bits per heavy atom. The Bertz CT molecular complexity index is 731. The lowest BCUT2D eigenvalue weighted by molar-refractivity contribution is 0.141. The summed E-state index contributed by atoms with van der Waals surface area (Å²) in [5.41, 5.74) is 2.35. The molecule has 0 unspecified atom stereocenters. The van der Waals surface area contributed by atoms with Gasteiger partial charge in [-0.15, -0.1) is 0 Å². The monoisotopic (exact) mass is 241 g/mol. The Morgan fingerprint density at radius 2 is 2.06 bits per heavy atom. The second-order valence-electron chi connectivity index (χ2n) is 4.53. The number of nitrogens with zero attached hydrogens (tertiary/aromatic N) is 3. The van der Waals surface area contributed by atoms with Crippen molar-refractivity contribution in [3.8, 4) is 0 Å². The average Bonchev–Trinajstić information content (AvgIpc) is 2.74. The van der Waals surface area contributed by atoms with Crippen molar-refractivity contribution in [3.63, 3.8) is 0 Å². The molecule has 5 nitrogen and oxygen atoms in total. The molecule has 0 aliphatic carbocycles. The van der Waals surface area contributed by atoms with Gasteiger partial charge in [0.05, 0.1) is 6.10 Å². The zero-order chi connectivity index (χ0) is 12.1. The highest BCUT2D eigenvalue weighted by Gasteiger charge is 2.28. The van der Waals surface area contributed by atoms with E-state index in [-0.39, 0.29) is 6.10 Å². The Kier molecular flexibility index (Phi) is 1.87. The summed E-state index contributed by atoms with van der Waals surface area (Å²) in [6.07, 6.45) is 1.28. The maximum Gasteiger partial charge on any atom is 0.196 e. The lowest BCUT2D eigenvalue weighted by atomic mass is 10.1. The summed E-state index contributed by atoms with van der Waals surface area (Å²) < 4.78 is 5.83. The second-order valence-corrected chi connectivity index (χ2v) is 4.53. The standard InChI is InChI=1S/C13H11N3O2/c17-8-5-16(6-8)13-12-11(14-7-15-13)9-3-1-2-4-10(9)18-12/h1-4,7-8,17H,5-6H2. The van der Waals surface area contributed by atoms with Crippen LogP contribution in [-0.2, 0) is 0 Å². The van der Waals surface area contributed by atoms with Gasteiger partial charge in [0.15, 0.2) is 11.4 Å². The van der Waals surface area contributed by atoms with Crippen LogP contribution in [0.5, 0.6) is 0 Å². The van der Waals surface area contributed by atoms with Gasteiger partial charge in [-0.3, -0.25) is 0 Å². The first-order chi connectivity index (χ1) is 8.83. The van der Waals surface area contributed by atoms with Crippen LogP contribution < -0.4 is 4.90 Å². The minimum atomic E-state index is -0.264. The third-order valence-electron chi connectivity index (χ3n) is 3.30. The van der Waals surface area contributed by atoms with E-state index in [1.807, 2.05) is 29.2 Å². The van der Waals surface area contributed by atoms with Crippen molar-refractivity contribution in [1.29, 1.82) is 0 Å². The SMILES string of the molecule is OC1CN(c2ncnc3c2oc2ccccc23)C1. The number of fused-ring (bicyclic) bond motifs is 3. The first-order valence-electron chi connectivity index (χ1n) is 5.88. The van der Waals surface area contributed by atoms with Crippen molar-refractivity contribution in [2.45, 2.75) is 6.10 Å². The molecule has 1 N–H and O–H groups in total. The van der Waals surface area contributed by atoms with Gasteiger partial charge in [-0.25, -0.2) is 9.97 Å². The number of para-hydroxylation sites is 1. The summed E-state index contributed by atoms with van der Waals surface area (Å²) in [4.78, 5) is 10.6. The molecule has 2 aromatic heterocycles. The molecule has 0 radical (unpaired) electrons. The van der Waals surface area contributed by atoms with E-state index in [1.165, 1.54) is 0 Å². The Balaban J connectivity index is 1.98. The summed E-state index contributed by atoms with van der Waals surface area (Å²) >= 11 is 0. The van der Waals surface area contributed by atoms with Crippen LogP contribution in [0.15, 0.2) is 35.0 Å². The molecule has 1 saturated heterocycles. The molecule has 4 rings (SSSR count).